The van der Waals surface area contributed by atoms with E-state index in [1.807, 2.05) is 6.07 Å². The summed E-state index contributed by atoms with van der Waals surface area (Å²) < 4.78 is 11.6. The second-order valence-corrected chi connectivity index (χ2v) is 6.89. The van der Waals surface area contributed by atoms with Gasteiger partial charge in [-0.05, 0) is 38.7 Å². The fourth-order valence-corrected chi connectivity index (χ4v) is 3.69. The van der Waals surface area contributed by atoms with E-state index >= 15 is 0 Å². The Balaban J connectivity index is 1.60. The summed E-state index contributed by atoms with van der Waals surface area (Å²) >= 11 is 6.28. The SMILES string of the molecule is Cc1cc(N2CCC(OC3CCOCC3)CC2)c(Cl)cc1[N+](=O)[O-]. The largest absolute Gasteiger partial charge is 0.381 e. The van der Waals surface area contributed by atoms with Crippen molar-refractivity contribution in [2.24, 2.45) is 0 Å². The van der Waals surface area contributed by atoms with Crippen molar-refractivity contribution >= 4 is 23.0 Å². The second kappa shape index (κ2) is 7.68. The maximum atomic E-state index is 11.0. The Bertz CT molecular complexity index is 596. The van der Waals surface area contributed by atoms with Crippen LogP contribution < -0.4 is 4.90 Å². The molecular weight excluding hydrogens is 332 g/mol. The number of hydrogen-bond acceptors (Lipinski definition) is 5. The maximum absolute atomic E-state index is 11.0. The van der Waals surface area contributed by atoms with Gasteiger partial charge in [-0.25, -0.2) is 0 Å². The van der Waals surface area contributed by atoms with Gasteiger partial charge in [0.1, 0.15) is 0 Å². The minimum Gasteiger partial charge on any atom is -0.381 e. The van der Waals surface area contributed by atoms with Gasteiger partial charge in [0, 0.05) is 37.9 Å². The molecule has 2 saturated heterocycles. The summed E-state index contributed by atoms with van der Waals surface area (Å²) in [6.45, 7) is 5.04. The Labute approximate surface area is 146 Å². The van der Waals surface area contributed by atoms with E-state index in [9.17, 15) is 10.1 Å². The molecule has 0 aromatic heterocycles. The molecule has 1 aromatic carbocycles. The highest BCUT2D eigenvalue weighted by molar-refractivity contribution is 6.33. The van der Waals surface area contributed by atoms with Gasteiger partial charge in [-0.15, -0.1) is 0 Å². The molecule has 0 bridgehead atoms. The van der Waals surface area contributed by atoms with Gasteiger partial charge in [-0.2, -0.15) is 0 Å². The normalized spacial score (nSPS) is 20.3. The van der Waals surface area contributed by atoms with Crippen LogP contribution in [-0.4, -0.2) is 43.4 Å². The van der Waals surface area contributed by atoms with Gasteiger partial charge in [0.25, 0.3) is 5.69 Å². The molecule has 0 saturated carbocycles. The minimum absolute atomic E-state index is 0.0708. The number of ether oxygens (including phenoxy) is 2. The van der Waals surface area contributed by atoms with Crippen LogP contribution in [0.2, 0.25) is 5.02 Å². The molecule has 0 N–H and O–H groups in total. The van der Waals surface area contributed by atoms with E-state index in [1.54, 1.807) is 6.92 Å². The summed E-state index contributed by atoms with van der Waals surface area (Å²) in [7, 11) is 0. The van der Waals surface area contributed by atoms with Crippen molar-refractivity contribution in [3.8, 4) is 0 Å². The Kier molecular flexibility index (Phi) is 5.58. The first kappa shape index (κ1) is 17.5. The molecule has 7 heteroatoms. The lowest BCUT2D eigenvalue weighted by Crippen LogP contribution is -2.39. The first-order valence-corrected chi connectivity index (χ1v) is 8.85. The molecule has 0 spiro atoms. The van der Waals surface area contributed by atoms with E-state index in [1.165, 1.54) is 6.07 Å². The molecule has 2 aliphatic heterocycles. The summed E-state index contributed by atoms with van der Waals surface area (Å²) in [6, 6.07) is 3.27. The van der Waals surface area contributed by atoms with Crippen LogP contribution in [0.3, 0.4) is 0 Å². The quantitative estimate of drug-likeness (QED) is 0.609. The van der Waals surface area contributed by atoms with Crippen molar-refractivity contribution < 1.29 is 14.4 Å². The zero-order valence-electron chi connectivity index (χ0n) is 13.9. The predicted octanol–water partition coefficient (Wildman–Crippen LogP) is 3.72. The molecule has 0 radical (unpaired) electrons. The lowest BCUT2D eigenvalue weighted by molar-refractivity contribution is -0.385. The number of hydrogen-bond donors (Lipinski definition) is 0. The first-order valence-electron chi connectivity index (χ1n) is 8.47. The lowest BCUT2D eigenvalue weighted by atomic mass is 10.0. The van der Waals surface area contributed by atoms with Crippen LogP contribution in [0.5, 0.6) is 0 Å². The van der Waals surface area contributed by atoms with Crippen LogP contribution >= 0.6 is 11.6 Å². The molecule has 2 heterocycles. The number of anilines is 1. The molecule has 132 valence electrons. The van der Waals surface area contributed by atoms with Crippen LogP contribution in [0, 0.1) is 17.0 Å². The summed E-state index contributed by atoms with van der Waals surface area (Å²) in [6.07, 6.45) is 4.46. The third-order valence-corrected chi connectivity index (χ3v) is 5.10. The number of benzene rings is 1. The van der Waals surface area contributed by atoms with Crippen LogP contribution in [0.25, 0.3) is 0 Å². The van der Waals surface area contributed by atoms with Gasteiger partial charge in [0.2, 0.25) is 0 Å². The Morgan fingerprint density at radius 3 is 2.46 bits per heavy atom. The predicted molar refractivity (Wildman–Crippen MR) is 93.0 cm³/mol. The van der Waals surface area contributed by atoms with E-state index < -0.39 is 0 Å². The number of halogens is 1. The number of piperidine rings is 1. The minimum atomic E-state index is -0.390. The number of nitrogens with zero attached hydrogens (tertiary/aromatic N) is 2. The van der Waals surface area contributed by atoms with Crippen LogP contribution in [0.4, 0.5) is 11.4 Å². The Morgan fingerprint density at radius 1 is 1.21 bits per heavy atom. The van der Waals surface area contributed by atoms with Crippen molar-refractivity contribution in [1.29, 1.82) is 0 Å². The zero-order valence-corrected chi connectivity index (χ0v) is 14.6. The standard InChI is InChI=1S/C17H23ClN2O4/c1-12-10-17(15(18)11-16(12)20(21)22)19-6-2-13(3-7-19)24-14-4-8-23-9-5-14/h10-11,13-14H,2-9H2,1H3. The van der Waals surface area contributed by atoms with Crippen molar-refractivity contribution in [2.45, 2.75) is 44.8 Å². The second-order valence-electron chi connectivity index (χ2n) is 6.48. The molecule has 3 rings (SSSR count). The highest BCUT2D eigenvalue weighted by Gasteiger charge is 2.26. The van der Waals surface area contributed by atoms with E-state index in [0.717, 1.165) is 57.7 Å². The summed E-state index contributed by atoms with van der Waals surface area (Å²) in [5.74, 6) is 0. The average molecular weight is 355 g/mol. The highest BCUT2D eigenvalue weighted by Crippen LogP contribution is 2.34. The van der Waals surface area contributed by atoms with Crippen molar-refractivity contribution in [1.82, 2.24) is 0 Å². The number of rotatable bonds is 4. The molecule has 1 aromatic rings. The van der Waals surface area contributed by atoms with Gasteiger partial charge < -0.3 is 14.4 Å². The third-order valence-electron chi connectivity index (χ3n) is 4.80. The van der Waals surface area contributed by atoms with Crippen molar-refractivity contribution in [3.05, 3.63) is 32.8 Å². The molecule has 24 heavy (non-hydrogen) atoms. The Morgan fingerprint density at radius 2 is 1.83 bits per heavy atom. The molecule has 6 nitrogen and oxygen atoms in total. The monoisotopic (exact) mass is 354 g/mol. The van der Waals surface area contributed by atoms with Crippen molar-refractivity contribution in [2.75, 3.05) is 31.2 Å². The zero-order chi connectivity index (χ0) is 17.1. The van der Waals surface area contributed by atoms with Gasteiger partial charge in [0.15, 0.2) is 0 Å². The summed E-state index contributed by atoms with van der Waals surface area (Å²) in [4.78, 5) is 12.8. The van der Waals surface area contributed by atoms with E-state index in [4.69, 9.17) is 21.1 Å². The van der Waals surface area contributed by atoms with Gasteiger partial charge in [-0.1, -0.05) is 11.6 Å². The molecular formula is C17H23ClN2O4. The van der Waals surface area contributed by atoms with Crippen molar-refractivity contribution in [3.63, 3.8) is 0 Å². The Hall–Kier alpha value is -1.37. The van der Waals surface area contributed by atoms with Crippen LogP contribution in [0.1, 0.15) is 31.2 Å². The summed E-state index contributed by atoms with van der Waals surface area (Å²) in [5.41, 5.74) is 1.59. The fraction of sp³-hybridized carbons (Fsp3) is 0.647. The number of nitro benzene ring substituents is 1. The molecule has 2 fully saturated rings. The molecule has 0 unspecified atom stereocenters. The smallest absolute Gasteiger partial charge is 0.273 e. The van der Waals surface area contributed by atoms with Gasteiger partial charge in [0.05, 0.1) is 27.8 Å². The summed E-state index contributed by atoms with van der Waals surface area (Å²) in [5, 5.41) is 11.4. The maximum Gasteiger partial charge on any atom is 0.273 e. The third kappa shape index (κ3) is 3.99. The molecule has 0 aliphatic carbocycles. The number of nitro groups is 1. The van der Waals surface area contributed by atoms with E-state index in [0.29, 0.717) is 16.7 Å². The lowest BCUT2D eigenvalue weighted by Gasteiger charge is -2.36. The number of aryl methyl sites for hydroxylation is 1. The first-order chi connectivity index (χ1) is 11.5. The molecule has 0 amide bonds. The topological polar surface area (TPSA) is 64.8 Å². The van der Waals surface area contributed by atoms with Crippen LogP contribution in [-0.2, 0) is 9.47 Å². The molecule has 0 atom stereocenters. The van der Waals surface area contributed by atoms with Crippen LogP contribution in [0.15, 0.2) is 12.1 Å². The van der Waals surface area contributed by atoms with Gasteiger partial charge in [-0.3, -0.25) is 10.1 Å². The van der Waals surface area contributed by atoms with E-state index in [2.05, 4.69) is 4.90 Å². The average Bonchev–Trinajstić information content (AvgIpc) is 2.58. The van der Waals surface area contributed by atoms with Gasteiger partial charge >= 0.3 is 0 Å². The fourth-order valence-electron chi connectivity index (χ4n) is 3.41. The highest BCUT2D eigenvalue weighted by atomic mass is 35.5. The molecule has 2 aliphatic rings. The van der Waals surface area contributed by atoms with E-state index in [-0.39, 0.29) is 16.7 Å².